The van der Waals surface area contributed by atoms with Gasteiger partial charge in [0.25, 0.3) is 5.91 Å². The van der Waals surface area contributed by atoms with Crippen LogP contribution in [0.4, 0.5) is 5.13 Å². The van der Waals surface area contributed by atoms with Crippen molar-refractivity contribution in [2.24, 2.45) is 0 Å². The van der Waals surface area contributed by atoms with Crippen molar-refractivity contribution in [3.8, 4) is 0 Å². The highest BCUT2D eigenvalue weighted by Crippen LogP contribution is 2.33. The van der Waals surface area contributed by atoms with Gasteiger partial charge in [-0.25, -0.2) is 4.98 Å². The van der Waals surface area contributed by atoms with E-state index in [-0.39, 0.29) is 12.0 Å². The molecule has 2 heterocycles. The van der Waals surface area contributed by atoms with Gasteiger partial charge < -0.3 is 4.74 Å². The Kier molecular flexibility index (Phi) is 5.71. The number of amides is 1. The normalized spacial score (nSPS) is 16.6. The largest absolute Gasteiger partial charge is 0.376 e. The fourth-order valence-corrected chi connectivity index (χ4v) is 5.04. The van der Waals surface area contributed by atoms with Crippen molar-refractivity contribution < 1.29 is 9.53 Å². The van der Waals surface area contributed by atoms with Gasteiger partial charge in [-0.2, -0.15) is 0 Å². The Morgan fingerprint density at radius 3 is 2.75 bits per heavy atom. The predicted molar refractivity (Wildman–Crippen MR) is 118 cm³/mol. The molecule has 3 aromatic rings. The fourth-order valence-electron chi connectivity index (χ4n) is 3.61. The lowest BCUT2D eigenvalue weighted by molar-refractivity contribution is 0.0917. The maximum absolute atomic E-state index is 13.4. The number of thiazole rings is 1. The highest BCUT2D eigenvalue weighted by molar-refractivity contribution is 7.98. The van der Waals surface area contributed by atoms with Crippen LogP contribution in [0.2, 0.25) is 0 Å². The monoisotopic (exact) mass is 412 g/mol. The lowest BCUT2D eigenvalue weighted by Crippen LogP contribution is -2.37. The highest BCUT2D eigenvalue weighted by Gasteiger charge is 2.27. The first-order valence-corrected chi connectivity index (χ1v) is 11.5. The van der Waals surface area contributed by atoms with Gasteiger partial charge in [-0.05, 0) is 74.4 Å². The molecule has 0 saturated carbocycles. The number of fused-ring (bicyclic) bond motifs is 1. The predicted octanol–water partition coefficient (Wildman–Crippen LogP) is 5.46. The van der Waals surface area contributed by atoms with E-state index in [1.807, 2.05) is 35.4 Å². The van der Waals surface area contributed by atoms with Gasteiger partial charge in [0.05, 0.1) is 22.9 Å². The first-order chi connectivity index (χ1) is 13.5. The van der Waals surface area contributed by atoms with Crippen molar-refractivity contribution in [2.45, 2.75) is 37.7 Å². The Bertz CT molecular complexity index is 992. The van der Waals surface area contributed by atoms with Crippen LogP contribution in [-0.4, -0.2) is 36.4 Å². The zero-order valence-corrected chi connectivity index (χ0v) is 18.0. The molecule has 1 unspecified atom stereocenters. The molecular formula is C22H24N2O2S2. The number of ether oxygens (including phenoxy) is 1. The molecule has 0 spiro atoms. The number of hydrogen-bond donors (Lipinski definition) is 0. The van der Waals surface area contributed by atoms with E-state index >= 15 is 0 Å². The van der Waals surface area contributed by atoms with E-state index in [1.165, 1.54) is 11.1 Å². The Labute approximate surface area is 173 Å². The van der Waals surface area contributed by atoms with Crippen LogP contribution in [0, 0.1) is 13.8 Å². The number of thioether (sulfide) groups is 1. The molecule has 1 aromatic heterocycles. The Morgan fingerprint density at radius 2 is 2.07 bits per heavy atom. The summed E-state index contributed by atoms with van der Waals surface area (Å²) in [6, 6.07) is 12.0. The number of aromatic nitrogens is 1. The molecular weight excluding hydrogens is 388 g/mol. The Balaban J connectivity index is 1.72. The Hall–Kier alpha value is -1.89. The third-order valence-corrected chi connectivity index (χ3v) is 7.01. The molecule has 0 N–H and O–H groups in total. The summed E-state index contributed by atoms with van der Waals surface area (Å²) in [5.41, 5.74) is 4.03. The van der Waals surface area contributed by atoms with Crippen molar-refractivity contribution in [1.82, 2.24) is 4.98 Å². The number of benzene rings is 2. The van der Waals surface area contributed by atoms with Gasteiger partial charge in [-0.1, -0.05) is 17.4 Å². The molecule has 28 heavy (non-hydrogen) atoms. The third-order valence-electron chi connectivity index (χ3n) is 5.03. The number of aryl methyl sites for hydroxylation is 2. The molecule has 4 nitrogen and oxygen atoms in total. The minimum absolute atomic E-state index is 0.0171. The highest BCUT2D eigenvalue weighted by atomic mass is 32.2. The van der Waals surface area contributed by atoms with Crippen molar-refractivity contribution in [1.29, 1.82) is 0 Å². The number of carbonyl (C=O) groups excluding carboxylic acids is 1. The lowest BCUT2D eigenvalue weighted by atomic mass is 10.1. The van der Waals surface area contributed by atoms with Crippen LogP contribution in [0.3, 0.4) is 0 Å². The number of carbonyl (C=O) groups is 1. The summed E-state index contributed by atoms with van der Waals surface area (Å²) >= 11 is 3.26. The van der Waals surface area contributed by atoms with E-state index < -0.39 is 0 Å². The SMILES string of the molecule is CSc1ccc(C(=O)N(CC2CCCO2)c2nc3cc(C)cc(C)c3s2)cc1. The van der Waals surface area contributed by atoms with Gasteiger partial charge in [0.15, 0.2) is 5.13 Å². The lowest BCUT2D eigenvalue weighted by Gasteiger charge is -2.23. The van der Waals surface area contributed by atoms with Crippen molar-refractivity contribution >= 4 is 44.4 Å². The van der Waals surface area contributed by atoms with Crippen molar-refractivity contribution in [3.05, 3.63) is 53.1 Å². The van der Waals surface area contributed by atoms with E-state index in [2.05, 4.69) is 26.0 Å². The van der Waals surface area contributed by atoms with E-state index in [0.717, 1.165) is 39.7 Å². The second-order valence-electron chi connectivity index (χ2n) is 7.21. The van der Waals surface area contributed by atoms with Crippen LogP contribution >= 0.6 is 23.1 Å². The average molecular weight is 413 g/mol. The molecule has 1 atom stereocenters. The summed E-state index contributed by atoms with van der Waals surface area (Å²) < 4.78 is 6.97. The third kappa shape index (κ3) is 3.95. The van der Waals surface area contributed by atoms with Gasteiger partial charge in [-0.15, -0.1) is 11.8 Å². The molecule has 1 aliphatic heterocycles. The number of anilines is 1. The molecule has 4 rings (SSSR count). The molecule has 2 aromatic carbocycles. The van der Waals surface area contributed by atoms with Gasteiger partial charge >= 0.3 is 0 Å². The molecule has 146 valence electrons. The van der Waals surface area contributed by atoms with Gasteiger partial charge in [0.1, 0.15) is 0 Å². The topological polar surface area (TPSA) is 42.4 Å². The quantitative estimate of drug-likeness (QED) is 0.522. The number of rotatable bonds is 5. The first-order valence-electron chi connectivity index (χ1n) is 9.50. The molecule has 1 amide bonds. The van der Waals surface area contributed by atoms with E-state index in [0.29, 0.717) is 12.1 Å². The molecule has 0 aliphatic carbocycles. The van der Waals surface area contributed by atoms with Crippen LogP contribution in [-0.2, 0) is 4.74 Å². The molecule has 1 fully saturated rings. The van der Waals surface area contributed by atoms with E-state index in [1.54, 1.807) is 23.1 Å². The maximum atomic E-state index is 13.4. The van der Waals surface area contributed by atoms with Gasteiger partial charge in [-0.3, -0.25) is 9.69 Å². The molecule has 0 radical (unpaired) electrons. The minimum Gasteiger partial charge on any atom is -0.376 e. The van der Waals surface area contributed by atoms with Crippen molar-refractivity contribution in [2.75, 3.05) is 24.3 Å². The first kappa shape index (κ1) is 19.4. The van der Waals surface area contributed by atoms with E-state index in [4.69, 9.17) is 9.72 Å². The van der Waals surface area contributed by atoms with Crippen LogP contribution in [0.5, 0.6) is 0 Å². The van der Waals surface area contributed by atoms with E-state index in [9.17, 15) is 4.79 Å². The van der Waals surface area contributed by atoms with Gasteiger partial charge in [0, 0.05) is 17.1 Å². The summed E-state index contributed by atoms with van der Waals surface area (Å²) in [6.45, 7) is 5.49. The standard InChI is InChI=1S/C22H24N2O2S2/c1-14-11-15(2)20-19(12-14)23-22(28-20)24(13-17-5-4-10-26-17)21(25)16-6-8-18(27-3)9-7-16/h6-9,11-12,17H,4-5,10,13H2,1-3H3. The van der Waals surface area contributed by atoms with Crippen molar-refractivity contribution in [3.63, 3.8) is 0 Å². The smallest absolute Gasteiger partial charge is 0.260 e. The number of nitrogens with zero attached hydrogens (tertiary/aromatic N) is 2. The molecule has 1 aliphatic rings. The maximum Gasteiger partial charge on any atom is 0.260 e. The minimum atomic E-state index is -0.0171. The molecule has 0 bridgehead atoms. The second kappa shape index (κ2) is 8.23. The average Bonchev–Trinajstić information content (AvgIpc) is 3.35. The van der Waals surface area contributed by atoms with Gasteiger partial charge in [0.2, 0.25) is 0 Å². The summed E-state index contributed by atoms with van der Waals surface area (Å²) in [5, 5.41) is 0.748. The number of hydrogen-bond acceptors (Lipinski definition) is 5. The summed E-state index contributed by atoms with van der Waals surface area (Å²) in [4.78, 5) is 21.2. The van der Waals surface area contributed by atoms with Crippen LogP contribution in [0.25, 0.3) is 10.2 Å². The molecule has 1 saturated heterocycles. The zero-order valence-electron chi connectivity index (χ0n) is 16.4. The van der Waals surface area contributed by atoms with Crippen LogP contribution < -0.4 is 4.90 Å². The van der Waals surface area contributed by atoms with Crippen LogP contribution in [0.15, 0.2) is 41.3 Å². The fraction of sp³-hybridized carbons (Fsp3) is 0.364. The summed E-state index contributed by atoms with van der Waals surface area (Å²) in [6.07, 6.45) is 4.14. The molecule has 6 heteroatoms. The summed E-state index contributed by atoms with van der Waals surface area (Å²) in [7, 11) is 0. The summed E-state index contributed by atoms with van der Waals surface area (Å²) in [5.74, 6) is -0.0171. The zero-order chi connectivity index (χ0) is 19.7. The second-order valence-corrected chi connectivity index (χ2v) is 9.06. The Morgan fingerprint density at radius 1 is 1.29 bits per heavy atom. The van der Waals surface area contributed by atoms with Crippen LogP contribution in [0.1, 0.15) is 34.3 Å².